The Kier molecular flexibility index (Phi) is 3.66. The Hall–Kier alpha value is -0.820. The molecule has 0 aromatic heterocycles. The Bertz CT molecular complexity index is 435. The minimum Gasteiger partial charge on any atom is -0.314 e. The molecule has 3 rings (SSSR count). The summed E-state index contributed by atoms with van der Waals surface area (Å²) >= 11 is 0. The van der Waals surface area contributed by atoms with Crippen LogP contribution < -0.4 is 5.32 Å². The Labute approximate surface area is 117 Å². The molecule has 0 bridgehead atoms. The van der Waals surface area contributed by atoms with Crippen LogP contribution in [-0.4, -0.2) is 12.6 Å². The van der Waals surface area contributed by atoms with Gasteiger partial charge in [-0.3, -0.25) is 0 Å². The fraction of sp³-hybridized carbons (Fsp3) is 0.667. The summed E-state index contributed by atoms with van der Waals surface area (Å²) in [4.78, 5) is 0. The SMILES string of the molecule is CCNC1CCC(C)(c2cccc(C3CCC3)c2)C1. The van der Waals surface area contributed by atoms with Gasteiger partial charge in [0.2, 0.25) is 0 Å². The first-order chi connectivity index (χ1) is 9.21. The van der Waals surface area contributed by atoms with Gasteiger partial charge in [-0.2, -0.15) is 0 Å². The molecule has 0 spiro atoms. The van der Waals surface area contributed by atoms with Crippen molar-refractivity contribution in [2.24, 2.45) is 0 Å². The Morgan fingerprint density at radius 3 is 2.79 bits per heavy atom. The largest absolute Gasteiger partial charge is 0.314 e. The smallest absolute Gasteiger partial charge is 0.00756 e. The van der Waals surface area contributed by atoms with Crippen molar-refractivity contribution in [3.8, 4) is 0 Å². The highest BCUT2D eigenvalue weighted by atomic mass is 14.9. The van der Waals surface area contributed by atoms with Crippen molar-refractivity contribution in [2.45, 2.75) is 69.7 Å². The van der Waals surface area contributed by atoms with E-state index in [1.165, 1.54) is 38.5 Å². The van der Waals surface area contributed by atoms with E-state index in [1.54, 1.807) is 11.1 Å². The van der Waals surface area contributed by atoms with E-state index in [1.807, 2.05) is 0 Å². The van der Waals surface area contributed by atoms with E-state index in [0.717, 1.165) is 18.5 Å². The van der Waals surface area contributed by atoms with Gasteiger partial charge in [0, 0.05) is 6.04 Å². The molecule has 1 nitrogen and oxygen atoms in total. The van der Waals surface area contributed by atoms with E-state index >= 15 is 0 Å². The Balaban J connectivity index is 1.77. The van der Waals surface area contributed by atoms with Crippen molar-refractivity contribution in [3.63, 3.8) is 0 Å². The summed E-state index contributed by atoms with van der Waals surface area (Å²) in [5.74, 6) is 0.856. The third kappa shape index (κ3) is 2.58. The molecule has 1 heteroatoms. The molecule has 0 heterocycles. The third-order valence-electron chi connectivity index (χ3n) is 5.39. The summed E-state index contributed by atoms with van der Waals surface area (Å²) in [6.07, 6.45) is 8.20. The highest BCUT2D eigenvalue weighted by molar-refractivity contribution is 5.33. The second-order valence-electron chi connectivity index (χ2n) is 6.81. The molecule has 2 unspecified atom stereocenters. The lowest BCUT2D eigenvalue weighted by Gasteiger charge is -2.30. The molecule has 2 aliphatic rings. The second-order valence-corrected chi connectivity index (χ2v) is 6.81. The van der Waals surface area contributed by atoms with Crippen molar-refractivity contribution in [1.82, 2.24) is 5.32 Å². The lowest BCUT2D eigenvalue weighted by atomic mass is 9.76. The molecule has 2 aliphatic carbocycles. The molecule has 0 saturated heterocycles. The van der Waals surface area contributed by atoms with E-state index in [0.29, 0.717) is 5.41 Å². The molecular weight excluding hydrogens is 230 g/mol. The molecule has 0 aliphatic heterocycles. The number of rotatable bonds is 4. The fourth-order valence-corrected chi connectivity index (χ4v) is 3.88. The summed E-state index contributed by atoms with van der Waals surface area (Å²) in [7, 11) is 0. The minimum atomic E-state index is 0.395. The van der Waals surface area contributed by atoms with Crippen LogP contribution in [-0.2, 0) is 5.41 Å². The zero-order valence-electron chi connectivity index (χ0n) is 12.4. The lowest BCUT2D eigenvalue weighted by molar-refractivity contribution is 0.416. The van der Waals surface area contributed by atoms with Gasteiger partial charge in [0.25, 0.3) is 0 Å². The van der Waals surface area contributed by atoms with Gasteiger partial charge in [0.05, 0.1) is 0 Å². The van der Waals surface area contributed by atoms with Crippen molar-refractivity contribution >= 4 is 0 Å². The number of nitrogens with one attached hydrogen (secondary N) is 1. The number of hydrogen-bond donors (Lipinski definition) is 1. The van der Waals surface area contributed by atoms with Crippen molar-refractivity contribution < 1.29 is 0 Å². The van der Waals surface area contributed by atoms with Crippen molar-refractivity contribution in [2.75, 3.05) is 6.54 Å². The fourth-order valence-electron chi connectivity index (χ4n) is 3.88. The van der Waals surface area contributed by atoms with E-state index in [2.05, 4.69) is 43.4 Å². The van der Waals surface area contributed by atoms with Crippen LogP contribution in [0.25, 0.3) is 0 Å². The maximum Gasteiger partial charge on any atom is 0.00756 e. The van der Waals surface area contributed by atoms with E-state index < -0.39 is 0 Å². The molecule has 19 heavy (non-hydrogen) atoms. The highest BCUT2D eigenvalue weighted by Gasteiger charge is 2.36. The first-order valence-electron chi connectivity index (χ1n) is 8.05. The van der Waals surface area contributed by atoms with Crippen LogP contribution in [0.15, 0.2) is 24.3 Å². The number of hydrogen-bond acceptors (Lipinski definition) is 1. The summed E-state index contributed by atoms with van der Waals surface area (Å²) in [5, 5.41) is 3.63. The summed E-state index contributed by atoms with van der Waals surface area (Å²) in [6, 6.07) is 10.2. The highest BCUT2D eigenvalue weighted by Crippen LogP contribution is 2.43. The van der Waals surface area contributed by atoms with Crippen LogP contribution >= 0.6 is 0 Å². The monoisotopic (exact) mass is 257 g/mol. The standard InChI is InChI=1S/C18H27N/c1-3-19-17-10-11-18(2,13-17)16-9-5-8-15(12-16)14-6-4-7-14/h5,8-9,12,14,17,19H,3-4,6-7,10-11,13H2,1-2H3. The van der Waals surface area contributed by atoms with Gasteiger partial charge < -0.3 is 5.32 Å². The second kappa shape index (κ2) is 5.28. The third-order valence-corrected chi connectivity index (χ3v) is 5.39. The van der Waals surface area contributed by atoms with Crippen LogP contribution in [0.5, 0.6) is 0 Å². The van der Waals surface area contributed by atoms with Gasteiger partial charge in [-0.25, -0.2) is 0 Å². The van der Waals surface area contributed by atoms with Gasteiger partial charge in [-0.15, -0.1) is 0 Å². The quantitative estimate of drug-likeness (QED) is 0.844. The molecule has 1 N–H and O–H groups in total. The molecule has 2 atom stereocenters. The molecule has 1 aromatic rings. The van der Waals surface area contributed by atoms with Crippen LogP contribution in [0.1, 0.15) is 69.4 Å². The average molecular weight is 257 g/mol. The summed E-state index contributed by atoms with van der Waals surface area (Å²) < 4.78 is 0. The van der Waals surface area contributed by atoms with E-state index in [4.69, 9.17) is 0 Å². The topological polar surface area (TPSA) is 12.0 Å². The maximum absolute atomic E-state index is 3.63. The van der Waals surface area contributed by atoms with Crippen molar-refractivity contribution in [1.29, 1.82) is 0 Å². The van der Waals surface area contributed by atoms with E-state index in [9.17, 15) is 0 Å². The van der Waals surface area contributed by atoms with Crippen LogP contribution in [0, 0.1) is 0 Å². The summed E-state index contributed by atoms with van der Waals surface area (Å²) in [6.45, 7) is 5.78. The predicted molar refractivity (Wildman–Crippen MR) is 81.7 cm³/mol. The predicted octanol–water partition coefficient (Wildman–Crippen LogP) is 4.37. The Morgan fingerprint density at radius 2 is 2.11 bits per heavy atom. The first kappa shape index (κ1) is 13.2. The van der Waals surface area contributed by atoms with E-state index in [-0.39, 0.29) is 0 Å². The molecular formula is C18H27N. The van der Waals surface area contributed by atoms with Crippen LogP contribution in [0.2, 0.25) is 0 Å². The molecule has 0 amide bonds. The molecule has 2 fully saturated rings. The number of benzene rings is 1. The molecule has 2 saturated carbocycles. The van der Waals surface area contributed by atoms with Crippen LogP contribution in [0.3, 0.4) is 0 Å². The van der Waals surface area contributed by atoms with Gasteiger partial charge in [-0.05, 0) is 61.1 Å². The molecule has 1 aromatic carbocycles. The zero-order chi connectivity index (χ0) is 13.3. The summed E-state index contributed by atoms with van der Waals surface area (Å²) in [5.41, 5.74) is 3.57. The Morgan fingerprint density at radius 1 is 1.26 bits per heavy atom. The minimum absolute atomic E-state index is 0.395. The average Bonchev–Trinajstić information content (AvgIpc) is 2.71. The van der Waals surface area contributed by atoms with Crippen LogP contribution in [0.4, 0.5) is 0 Å². The molecule has 0 radical (unpaired) electrons. The van der Waals surface area contributed by atoms with Crippen molar-refractivity contribution in [3.05, 3.63) is 35.4 Å². The lowest BCUT2D eigenvalue weighted by Crippen LogP contribution is -2.28. The molecule has 104 valence electrons. The van der Waals surface area contributed by atoms with Gasteiger partial charge in [-0.1, -0.05) is 44.5 Å². The maximum atomic E-state index is 3.63. The zero-order valence-corrected chi connectivity index (χ0v) is 12.4. The van der Waals surface area contributed by atoms with Gasteiger partial charge in [0.15, 0.2) is 0 Å². The van der Waals surface area contributed by atoms with Gasteiger partial charge in [0.1, 0.15) is 0 Å². The normalized spacial score (nSPS) is 31.4. The van der Waals surface area contributed by atoms with Gasteiger partial charge >= 0.3 is 0 Å². The first-order valence-corrected chi connectivity index (χ1v) is 8.05.